The van der Waals surface area contributed by atoms with Gasteiger partial charge in [0.25, 0.3) is 0 Å². The number of fused-ring (bicyclic) bond motifs is 1. The monoisotopic (exact) mass is 313 g/mol. The van der Waals surface area contributed by atoms with E-state index in [2.05, 4.69) is 28.0 Å². The Morgan fingerprint density at radius 3 is 2.67 bits per heavy atom. The predicted octanol–water partition coefficient (Wildman–Crippen LogP) is 4.95. The lowest BCUT2D eigenvalue weighted by Crippen LogP contribution is -1.81. The van der Waals surface area contributed by atoms with E-state index >= 15 is 0 Å². The van der Waals surface area contributed by atoms with E-state index in [1.165, 1.54) is 0 Å². The molecule has 0 saturated heterocycles. The molecular formula is C20H15N3O. The molecule has 0 unspecified atom stereocenters. The second kappa shape index (κ2) is 6.08. The lowest BCUT2D eigenvalue weighted by molar-refractivity contribution is 0.619. The van der Waals surface area contributed by atoms with Crippen LogP contribution in [-0.4, -0.2) is 16.2 Å². The summed E-state index contributed by atoms with van der Waals surface area (Å²) in [5, 5.41) is 0. The van der Waals surface area contributed by atoms with E-state index in [-0.39, 0.29) is 0 Å². The number of rotatable bonds is 3. The average molecular weight is 313 g/mol. The molecule has 0 amide bonds. The number of aryl methyl sites for hydroxylation is 1. The Morgan fingerprint density at radius 2 is 1.83 bits per heavy atom. The Labute approximate surface area is 139 Å². The molecule has 0 spiro atoms. The second-order valence-corrected chi connectivity index (χ2v) is 5.52. The van der Waals surface area contributed by atoms with Gasteiger partial charge in [-0.2, -0.15) is 0 Å². The van der Waals surface area contributed by atoms with Crippen LogP contribution in [-0.2, 0) is 0 Å². The SMILES string of the molecule is Cc1ccccc1-c1nc2cc(N=Cc3ccncc3)ccc2o1. The van der Waals surface area contributed by atoms with Crippen molar-refractivity contribution in [1.29, 1.82) is 0 Å². The fraction of sp³-hybridized carbons (Fsp3) is 0.0500. The van der Waals surface area contributed by atoms with Gasteiger partial charge in [0.15, 0.2) is 5.58 Å². The summed E-state index contributed by atoms with van der Waals surface area (Å²) in [6.45, 7) is 2.05. The first-order valence-electron chi connectivity index (χ1n) is 7.70. The highest BCUT2D eigenvalue weighted by molar-refractivity contribution is 5.84. The first-order chi connectivity index (χ1) is 11.8. The Balaban J connectivity index is 1.69. The van der Waals surface area contributed by atoms with Crippen LogP contribution < -0.4 is 0 Å². The Morgan fingerprint density at radius 1 is 1.00 bits per heavy atom. The zero-order valence-corrected chi connectivity index (χ0v) is 13.2. The zero-order chi connectivity index (χ0) is 16.4. The third-order valence-electron chi connectivity index (χ3n) is 3.82. The summed E-state index contributed by atoms with van der Waals surface area (Å²) in [5.74, 6) is 0.637. The fourth-order valence-corrected chi connectivity index (χ4v) is 2.52. The minimum Gasteiger partial charge on any atom is -0.436 e. The standard InChI is InChI=1S/C20H15N3O/c1-14-4-2-3-5-17(14)20-23-18-12-16(6-7-19(18)24-20)22-13-15-8-10-21-11-9-15/h2-13H,1H3. The quantitative estimate of drug-likeness (QED) is 0.503. The molecule has 0 aliphatic heterocycles. The van der Waals surface area contributed by atoms with Gasteiger partial charge < -0.3 is 4.42 Å². The summed E-state index contributed by atoms with van der Waals surface area (Å²) in [5.41, 5.74) is 5.55. The average Bonchev–Trinajstić information content (AvgIpc) is 3.04. The summed E-state index contributed by atoms with van der Waals surface area (Å²) >= 11 is 0. The van der Waals surface area contributed by atoms with Crippen LogP contribution >= 0.6 is 0 Å². The molecular weight excluding hydrogens is 298 g/mol. The van der Waals surface area contributed by atoms with Crippen LogP contribution in [0.15, 0.2) is 76.4 Å². The van der Waals surface area contributed by atoms with Gasteiger partial charge in [-0.05, 0) is 54.4 Å². The van der Waals surface area contributed by atoms with E-state index in [4.69, 9.17) is 4.42 Å². The van der Waals surface area contributed by atoms with Gasteiger partial charge in [0.1, 0.15) is 5.52 Å². The largest absolute Gasteiger partial charge is 0.436 e. The van der Waals surface area contributed by atoms with Crippen LogP contribution in [0.5, 0.6) is 0 Å². The zero-order valence-electron chi connectivity index (χ0n) is 13.2. The number of hydrogen-bond acceptors (Lipinski definition) is 4. The number of benzene rings is 2. The summed E-state index contributed by atoms with van der Waals surface area (Å²) in [7, 11) is 0. The molecule has 0 fully saturated rings. The molecule has 2 aromatic heterocycles. The molecule has 4 nitrogen and oxygen atoms in total. The topological polar surface area (TPSA) is 51.3 Å². The van der Waals surface area contributed by atoms with Crippen LogP contribution in [0.4, 0.5) is 5.69 Å². The van der Waals surface area contributed by atoms with Crippen molar-refractivity contribution in [3.8, 4) is 11.5 Å². The lowest BCUT2D eigenvalue weighted by atomic mass is 10.1. The molecule has 0 saturated carbocycles. The predicted molar refractivity (Wildman–Crippen MR) is 95.7 cm³/mol. The maximum absolute atomic E-state index is 5.88. The van der Waals surface area contributed by atoms with Gasteiger partial charge in [-0.25, -0.2) is 4.98 Å². The Bertz CT molecular complexity index is 1020. The Kier molecular flexibility index (Phi) is 3.63. The molecule has 24 heavy (non-hydrogen) atoms. The van der Waals surface area contributed by atoms with Crippen LogP contribution in [0, 0.1) is 6.92 Å². The van der Waals surface area contributed by atoms with Gasteiger partial charge in [-0.1, -0.05) is 18.2 Å². The highest BCUT2D eigenvalue weighted by Gasteiger charge is 2.10. The molecule has 0 N–H and O–H groups in total. The van der Waals surface area contributed by atoms with Crippen molar-refractivity contribution in [1.82, 2.24) is 9.97 Å². The van der Waals surface area contributed by atoms with Crippen LogP contribution in [0.2, 0.25) is 0 Å². The molecule has 2 aromatic carbocycles. The third-order valence-corrected chi connectivity index (χ3v) is 3.82. The van der Waals surface area contributed by atoms with Crippen molar-refractivity contribution in [2.24, 2.45) is 4.99 Å². The van der Waals surface area contributed by atoms with Crippen LogP contribution in [0.1, 0.15) is 11.1 Å². The minimum atomic E-state index is 0.637. The molecule has 0 aliphatic rings. The molecule has 0 atom stereocenters. The second-order valence-electron chi connectivity index (χ2n) is 5.52. The summed E-state index contributed by atoms with van der Waals surface area (Å²) in [6.07, 6.45) is 5.30. The first-order valence-corrected chi connectivity index (χ1v) is 7.70. The van der Waals surface area contributed by atoms with Gasteiger partial charge in [0, 0.05) is 24.2 Å². The van der Waals surface area contributed by atoms with E-state index in [1.54, 1.807) is 12.4 Å². The van der Waals surface area contributed by atoms with Crippen molar-refractivity contribution in [3.63, 3.8) is 0 Å². The molecule has 4 rings (SSSR count). The highest BCUT2D eigenvalue weighted by atomic mass is 16.3. The van der Waals surface area contributed by atoms with Crippen LogP contribution in [0.25, 0.3) is 22.6 Å². The third kappa shape index (κ3) is 2.82. The van der Waals surface area contributed by atoms with Gasteiger partial charge in [-0.15, -0.1) is 0 Å². The highest BCUT2D eigenvalue weighted by Crippen LogP contribution is 2.28. The van der Waals surface area contributed by atoms with Gasteiger partial charge in [0.05, 0.1) is 5.69 Å². The molecule has 4 heteroatoms. The maximum Gasteiger partial charge on any atom is 0.227 e. The summed E-state index contributed by atoms with van der Waals surface area (Å²) in [6, 6.07) is 17.6. The normalized spacial score (nSPS) is 11.4. The number of hydrogen-bond donors (Lipinski definition) is 0. The number of aromatic nitrogens is 2. The number of pyridine rings is 1. The Hall–Kier alpha value is -3.27. The summed E-state index contributed by atoms with van der Waals surface area (Å²) < 4.78 is 5.88. The van der Waals surface area contributed by atoms with E-state index in [0.29, 0.717) is 5.89 Å². The van der Waals surface area contributed by atoms with E-state index in [9.17, 15) is 0 Å². The fourth-order valence-electron chi connectivity index (χ4n) is 2.52. The lowest BCUT2D eigenvalue weighted by Gasteiger charge is -1.98. The number of nitrogens with zero attached hydrogens (tertiary/aromatic N) is 3. The maximum atomic E-state index is 5.88. The number of oxazole rings is 1. The molecule has 2 heterocycles. The summed E-state index contributed by atoms with van der Waals surface area (Å²) in [4.78, 5) is 13.1. The van der Waals surface area contributed by atoms with E-state index in [0.717, 1.165) is 33.5 Å². The van der Waals surface area contributed by atoms with Crippen LogP contribution in [0.3, 0.4) is 0 Å². The molecule has 0 aliphatic carbocycles. The molecule has 116 valence electrons. The van der Waals surface area contributed by atoms with Crippen molar-refractivity contribution in [2.45, 2.75) is 6.92 Å². The molecule has 0 radical (unpaired) electrons. The molecule has 0 bridgehead atoms. The smallest absolute Gasteiger partial charge is 0.227 e. The van der Waals surface area contributed by atoms with Gasteiger partial charge in [-0.3, -0.25) is 9.98 Å². The molecule has 4 aromatic rings. The van der Waals surface area contributed by atoms with Crippen molar-refractivity contribution < 1.29 is 4.42 Å². The van der Waals surface area contributed by atoms with E-state index < -0.39 is 0 Å². The van der Waals surface area contributed by atoms with Crippen molar-refractivity contribution in [3.05, 3.63) is 78.1 Å². The number of aliphatic imine (C=N–C) groups is 1. The van der Waals surface area contributed by atoms with Gasteiger partial charge in [0.2, 0.25) is 5.89 Å². The van der Waals surface area contributed by atoms with Crippen molar-refractivity contribution in [2.75, 3.05) is 0 Å². The van der Waals surface area contributed by atoms with Gasteiger partial charge >= 0.3 is 0 Å². The minimum absolute atomic E-state index is 0.637. The first kappa shape index (κ1) is 14.3. The van der Waals surface area contributed by atoms with E-state index in [1.807, 2.05) is 54.7 Å². The van der Waals surface area contributed by atoms with Crippen molar-refractivity contribution >= 4 is 23.0 Å².